The predicted octanol–water partition coefficient (Wildman–Crippen LogP) is 2.24. The summed E-state index contributed by atoms with van der Waals surface area (Å²) in [5.41, 5.74) is 0.603. The molecule has 0 saturated heterocycles. The third kappa shape index (κ3) is 4.05. The van der Waals surface area contributed by atoms with Crippen LogP contribution in [0.2, 0.25) is 0 Å². The molecule has 20 heavy (non-hydrogen) atoms. The normalized spacial score (nSPS) is 17.4. The van der Waals surface area contributed by atoms with E-state index in [-0.39, 0.29) is 16.7 Å². The van der Waals surface area contributed by atoms with Crippen molar-refractivity contribution in [3.63, 3.8) is 0 Å². The van der Waals surface area contributed by atoms with Crippen molar-refractivity contribution in [3.8, 4) is 0 Å². The SMILES string of the molecule is NS(=O)(=O)c1ccc(NC(=O)C2CCCCCC2)cc1. The zero-order valence-electron chi connectivity index (χ0n) is 11.3. The summed E-state index contributed by atoms with van der Waals surface area (Å²) in [6, 6.07) is 5.93. The maximum absolute atomic E-state index is 12.1. The van der Waals surface area contributed by atoms with E-state index in [1.807, 2.05) is 0 Å². The molecule has 1 fully saturated rings. The number of nitrogens with one attached hydrogen (secondary N) is 1. The Morgan fingerprint density at radius 1 is 1.05 bits per heavy atom. The molecule has 1 aliphatic rings. The zero-order valence-corrected chi connectivity index (χ0v) is 12.2. The number of carbonyl (C=O) groups is 1. The molecule has 1 aliphatic carbocycles. The van der Waals surface area contributed by atoms with Gasteiger partial charge in [-0.05, 0) is 37.1 Å². The Morgan fingerprint density at radius 3 is 2.10 bits per heavy atom. The number of sulfonamides is 1. The van der Waals surface area contributed by atoms with Crippen LogP contribution in [0.15, 0.2) is 29.2 Å². The van der Waals surface area contributed by atoms with Crippen molar-refractivity contribution in [3.05, 3.63) is 24.3 Å². The zero-order chi connectivity index (χ0) is 14.6. The van der Waals surface area contributed by atoms with E-state index in [0.717, 1.165) is 25.7 Å². The Morgan fingerprint density at radius 2 is 1.60 bits per heavy atom. The van der Waals surface area contributed by atoms with E-state index in [1.54, 1.807) is 12.1 Å². The molecule has 0 aromatic heterocycles. The van der Waals surface area contributed by atoms with Crippen LogP contribution in [0.25, 0.3) is 0 Å². The van der Waals surface area contributed by atoms with Crippen LogP contribution in [0.1, 0.15) is 38.5 Å². The number of hydrogen-bond acceptors (Lipinski definition) is 3. The number of amides is 1. The minimum Gasteiger partial charge on any atom is -0.326 e. The summed E-state index contributed by atoms with van der Waals surface area (Å²) in [5.74, 6) is 0.0886. The Hall–Kier alpha value is -1.40. The number of carbonyl (C=O) groups excluding carboxylic acids is 1. The monoisotopic (exact) mass is 296 g/mol. The van der Waals surface area contributed by atoms with Crippen LogP contribution < -0.4 is 10.5 Å². The van der Waals surface area contributed by atoms with E-state index >= 15 is 0 Å². The van der Waals surface area contributed by atoms with Crippen molar-refractivity contribution < 1.29 is 13.2 Å². The van der Waals surface area contributed by atoms with E-state index in [9.17, 15) is 13.2 Å². The quantitative estimate of drug-likeness (QED) is 0.838. The van der Waals surface area contributed by atoms with Crippen molar-refractivity contribution >= 4 is 21.6 Å². The number of primary sulfonamides is 1. The standard InChI is InChI=1S/C14H20N2O3S/c15-20(18,19)13-9-7-12(8-10-13)16-14(17)11-5-3-1-2-4-6-11/h7-11H,1-6H2,(H,16,17)(H2,15,18,19). The lowest BCUT2D eigenvalue weighted by molar-refractivity contribution is -0.120. The molecule has 2 rings (SSSR count). The van der Waals surface area contributed by atoms with Crippen LogP contribution in [0.5, 0.6) is 0 Å². The van der Waals surface area contributed by atoms with Crippen LogP contribution in [0, 0.1) is 5.92 Å². The molecular formula is C14H20N2O3S. The second-order valence-electron chi connectivity index (χ2n) is 5.25. The Balaban J connectivity index is 2.00. The molecule has 1 amide bonds. The molecule has 6 heteroatoms. The molecule has 1 aromatic carbocycles. The second-order valence-corrected chi connectivity index (χ2v) is 6.81. The van der Waals surface area contributed by atoms with E-state index in [0.29, 0.717) is 5.69 Å². The maximum Gasteiger partial charge on any atom is 0.238 e. The summed E-state index contributed by atoms with van der Waals surface area (Å²) in [7, 11) is -3.69. The van der Waals surface area contributed by atoms with Gasteiger partial charge in [0.05, 0.1) is 4.90 Å². The lowest BCUT2D eigenvalue weighted by atomic mass is 9.99. The van der Waals surface area contributed by atoms with E-state index < -0.39 is 10.0 Å². The Kier molecular flexibility index (Phi) is 4.77. The van der Waals surface area contributed by atoms with Crippen LogP contribution in [0.3, 0.4) is 0 Å². The number of benzene rings is 1. The Labute approximate surface area is 119 Å². The topological polar surface area (TPSA) is 89.3 Å². The fourth-order valence-electron chi connectivity index (χ4n) is 2.51. The highest BCUT2D eigenvalue weighted by atomic mass is 32.2. The van der Waals surface area contributed by atoms with Gasteiger partial charge in [0.2, 0.25) is 15.9 Å². The number of anilines is 1. The average molecular weight is 296 g/mol. The fourth-order valence-corrected chi connectivity index (χ4v) is 3.03. The predicted molar refractivity (Wildman–Crippen MR) is 77.6 cm³/mol. The minimum atomic E-state index is -3.69. The first-order valence-corrected chi connectivity index (χ1v) is 8.45. The van der Waals surface area contributed by atoms with Crippen LogP contribution in [-0.2, 0) is 14.8 Å². The van der Waals surface area contributed by atoms with Gasteiger partial charge in [-0.15, -0.1) is 0 Å². The third-order valence-electron chi connectivity index (χ3n) is 3.68. The van der Waals surface area contributed by atoms with Gasteiger partial charge in [-0.25, -0.2) is 13.6 Å². The number of nitrogens with two attached hydrogens (primary N) is 1. The van der Waals surface area contributed by atoms with Crippen molar-refractivity contribution in [2.45, 2.75) is 43.4 Å². The smallest absolute Gasteiger partial charge is 0.238 e. The van der Waals surface area contributed by atoms with Gasteiger partial charge in [0, 0.05) is 11.6 Å². The molecule has 3 N–H and O–H groups in total. The lowest BCUT2D eigenvalue weighted by Crippen LogP contribution is -2.22. The molecule has 0 atom stereocenters. The van der Waals surface area contributed by atoms with Crippen molar-refractivity contribution in [1.82, 2.24) is 0 Å². The van der Waals surface area contributed by atoms with Gasteiger partial charge >= 0.3 is 0 Å². The van der Waals surface area contributed by atoms with Gasteiger partial charge in [-0.2, -0.15) is 0 Å². The van der Waals surface area contributed by atoms with Gasteiger partial charge < -0.3 is 5.32 Å². The second kappa shape index (κ2) is 6.37. The van der Waals surface area contributed by atoms with E-state index in [2.05, 4.69) is 5.32 Å². The van der Waals surface area contributed by atoms with Crippen molar-refractivity contribution in [2.24, 2.45) is 11.1 Å². The van der Waals surface area contributed by atoms with Crippen molar-refractivity contribution in [1.29, 1.82) is 0 Å². The molecule has 0 radical (unpaired) electrons. The molecule has 0 heterocycles. The fraction of sp³-hybridized carbons (Fsp3) is 0.500. The molecule has 1 aromatic rings. The Bertz CT molecular complexity index is 559. The first-order valence-electron chi connectivity index (χ1n) is 6.90. The summed E-state index contributed by atoms with van der Waals surface area (Å²) in [6.07, 6.45) is 6.47. The third-order valence-corrected chi connectivity index (χ3v) is 4.61. The van der Waals surface area contributed by atoms with Gasteiger partial charge in [0.15, 0.2) is 0 Å². The van der Waals surface area contributed by atoms with E-state index in [4.69, 9.17) is 5.14 Å². The minimum absolute atomic E-state index is 0.0234. The molecule has 1 saturated carbocycles. The summed E-state index contributed by atoms with van der Waals surface area (Å²) >= 11 is 0. The van der Waals surface area contributed by atoms with Gasteiger partial charge in [-0.1, -0.05) is 25.7 Å². The molecule has 0 aliphatic heterocycles. The number of rotatable bonds is 3. The van der Waals surface area contributed by atoms with Crippen LogP contribution >= 0.6 is 0 Å². The highest BCUT2D eigenvalue weighted by molar-refractivity contribution is 7.89. The largest absolute Gasteiger partial charge is 0.326 e. The summed E-state index contributed by atoms with van der Waals surface area (Å²) in [6.45, 7) is 0. The lowest BCUT2D eigenvalue weighted by Gasteiger charge is -2.14. The molecular weight excluding hydrogens is 276 g/mol. The van der Waals surface area contributed by atoms with Crippen molar-refractivity contribution in [2.75, 3.05) is 5.32 Å². The number of hydrogen-bond donors (Lipinski definition) is 2. The summed E-state index contributed by atoms with van der Waals surface area (Å²) in [5, 5.41) is 7.87. The first kappa shape index (κ1) is 15.0. The highest BCUT2D eigenvalue weighted by Gasteiger charge is 2.20. The van der Waals surface area contributed by atoms with Crippen LogP contribution in [0.4, 0.5) is 5.69 Å². The van der Waals surface area contributed by atoms with Gasteiger partial charge in [0.1, 0.15) is 0 Å². The average Bonchev–Trinajstić information content (AvgIpc) is 2.67. The van der Waals surface area contributed by atoms with Crippen LogP contribution in [-0.4, -0.2) is 14.3 Å². The maximum atomic E-state index is 12.1. The van der Waals surface area contributed by atoms with E-state index in [1.165, 1.54) is 25.0 Å². The van der Waals surface area contributed by atoms with Gasteiger partial charge in [0.25, 0.3) is 0 Å². The molecule has 110 valence electrons. The van der Waals surface area contributed by atoms with Gasteiger partial charge in [-0.3, -0.25) is 4.79 Å². The highest BCUT2D eigenvalue weighted by Crippen LogP contribution is 2.24. The molecule has 0 bridgehead atoms. The molecule has 0 unspecified atom stereocenters. The molecule has 5 nitrogen and oxygen atoms in total. The molecule has 0 spiro atoms. The first-order chi connectivity index (χ1) is 9.47. The summed E-state index contributed by atoms with van der Waals surface area (Å²) < 4.78 is 22.3. The summed E-state index contributed by atoms with van der Waals surface area (Å²) in [4.78, 5) is 12.2.